The van der Waals surface area contributed by atoms with Crippen LogP contribution >= 0.6 is 11.8 Å². The molecule has 2 heterocycles. The molecule has 0 spiro atoms. The third-order valence-corrected chi connectivity index (χ3v) is 7.58. The van der Waals surface area contributed by atoms with Crippen molar-refractivity contribution in [2.24, 2.45) is 4.99 Å². The zero-order chi connectivity index (χ0) is 31.4. The Bertz CT molecular complexity index is 1770. The molecular weight excluding hydrogens is 591 g/mol. The van der Waals surface area contributed by atoms with Gasteiger partial charge in [0.15, 0.2) is 11.0 Å². The van der Waals surface area contributed by atoms with E-state index in [1.54, 1.807) is 24.3 Å². The highest BCUT2D eigenvalue weighted by Gasteiger charge is 2.31. The van der Waals surface area contributed by atoms with Crippen LogP contribution in [0.25, 0.3) is 22.6 Å². The van der Waals surface area contributed by atoms with Crippen molar-refractivity contribution in [2.45, 2.75) is 27.1 Å². The van der Waals surface area contributed by atoms with E-state index in [1.165, 1.54) is 58.8 Å². The maximum Gasteiger partial charge on any atom is 0.573 e. The quantitative estimate of drug-likeness (QED) is 0.234. The predicted molar refractivity (Wildman–Crippen MR) is 163 cm³/mol. The van der Waals surface area contributed by atoms with Crippen LogP contribution in [0, 0.1) is 32.1 Å². The van der Waals surface area contributed by atoms with Gasteiger partial charge in [0.1, 0.15) is 18.1 Å². The van der Waals surface area contributed by atoms with Crippen LogP contribution in [0.2, 0.25) is 0 Å². The molecule has 2 amide bonds. The second-order valence-corrected chi connectivity index (χ2v) is 11.0. The summed E-state index contributed by atoms with van der Waals surface area (Å²) < 4.78 is 42.5. The number of thioether (sulfide) groups is 1. The van der Waals surface area contributed by atoms with E-state index in [0.717, 1.165) is 29.1 Å². The smallest absolute Gasteiger partial charge is 0.406 e. The lowest BCUT2D eigenvalue weighted by molar-refractivity contribution is -0.274. The summed E-state index contributed by atoms with van der Waals surface area (Å²) >= 11 is 1.50. The number of nitrogens with zero attached hydrogens (tertiary/aromatic N) is 6. The molecule has 1 aliphatic heterocycles. The number of halogens is 3. The third kappa shape index (κ3) is 7.09. The van der Waals surface area contributed by atoms with Gasteiger partial charge in [-0.25, -0.2) is 14.5 Å². The van der Waals surface area contributed by atoms with Gasteiger partial charge in [0.05, 0.1) is 11.3 Å². The molecular formula is C31H26F3N7O2S. The highest BCUT2D eigenvalue weighted by atomic mass is 32.2. The van der Waals surface area contributed by atoms with E-state index in [1.807, 2.05) is 20.8 Å². The van der Waals surface area contributed by atoms with Gasteiger partial charge < -0.3 is 15.0 Å². The molecule has 1 fully saturated rings. The Labute approximate surface area is 255 Å². The summed E-state index contributed by atoms with van der Waals surface area (Å²) in [6.07, 6.45) is -2.01. The van der Waals surface area contributed by atoms with Crippen molar-refractivity contribution in [3.63, 3.8) is 0 Å². The summed E-state index contributed by atoms with van der Waals surface area (Å²) in [6.45, 7) is 6.88. The number of rotatable bonds is 6. The summed E-state index contributed by atoms with van der Waals surface area (Å²) in [4.78, 5) is 23.3. The van der Waals surface area contributed by atoms with E-state index < -0.39 is 12.4 Å². The number of nitrogens with one attached hydrogen (secondary N) is 1. The monoisotopic (exact) mass is 617 g/mol. The number of amides is 2. The fourth-order valence-electron chi connectivity index (χ4n) is 4.85. The van der Waals surface area contributed by atoms with E-state index in [4.69, 9.17) is 0 Å². The highest BCUT2D eigenvalue weighted by Crippen LogP contribution is 2.32. The lowest BCUT2D eigenvalue weighted by Gasteiger charge is -2.23. The Morgan fingerprint density at radius 3 is 2.41 bits per heavy atom. The summed E-state index contributed by atoms with van der Waals surface area (Å²) in [5.74, 6) is 0.839. The molecule has 1 N–H and O–H groups in total. The second kappa shape index (κ2) is 12.6. The van der Waals surface area contributed by atoms with Gasteiger partial charge in [0.25, 0.3) is 0 Å². The molecule has 0 saturated carbocycles. The molecule has 0 bridgehead atoms. The Morgan fingerprint density at radius 2 is 1.77 bits per heavy atom. The molecule has 0 aliphatic carbocycles. The third-order valence-electron chi connectivity index (χ3n) is 6.62. The summed E-state index contributed by atoms with van der Waals surface area (Å²) in [5.41, 5.74) is 6.38. The minimum atomic E-state index is -4.77. The van der Waals surface area contributed by atoms with Crippen molar-refractivity contribution in [2.75, 3.05) is 17.2 Å². The van der Waals surface area contributed by atoms with Crippen LogP contribution in [0.5, 0.6) is 5.75 Å². The number of aryl methyl sites for hydroxylation is 3. The largest absolute Gasteiger partial charge is 0.573 e. The molecule has 224 valence electrons. The number of hydrogen-bond donors (Lipinski definition) is 1. The van der Waals surface area contributed by atoms with Gasteiger partial charge in [0.2, 0.25) is 0 Å². The number of anilines is 1. The molecule has 13 heteroatoms. The van der Waals surface area contributed by atoms with Gasteiger partial charge in [-0.15, -0.1) is 18.3 Å². The first-order valence-electron chi connectivity index (χ1n) is 13.4. The molecule has 5 rings (SSSR count). The van der Waals surface area contributed by atoms with E-state index >= 15 is 0 Å². The van der Waals surface area contributed by atoms with E-state index in [2.05, 4.69) is 48.2 Å². The van der Waals surface area contributed by atoms with Crippen LogP contribution in [0.3, 0.4) is 0 Å². The molecule has 0 atom stereocenters. The Kier molecular flexibility index (Phi) is 8.73. The Hall–Kier alpha value is -5.09. The van der Waals surface area contributed by atoms with Crippen LogP contribution in [0.4, 0.5) is 23.7 Å². The molecule has 1 aliphatic rings. The molecule has 44 heavy (non-hydrogen) atoms. The van der Waals surface area contributed by atoms with Gasteiger partial charge >= 0.3 is 12.4 Å². The molecule has 1 saturated heterocycles. The topological polar surface area (TPSA) is 108 Å². The number of hydrogen-bond acceptors (Lipinski definition) is 6. The first-order chi connectivity index (χ1) is 21.0. The Morgan fingerprint density at radius 1 is 1.09 bits per heavy atom. The highest BCUT2D eigenvalue weighted by molar-refractivity contribution is 8.14. The van der Waals surface area contributed by atoms with Crippen LogP contribution in [-0.2, 0) is 0 Å². The summed E-state index contributed by atoms with van der Waals surface area (Å²) in [6, 6.07) is 17.8. The van der Waals surface area contributed by atoms with E-state index in [9.17, 15) is 23.2 Å². The number of aliphatic imine (C=N–C) groups is 1. The number of ether oxygens (including phenoxy) is 1. The van der Waals surface area contributed by atoms with Crippen molar-refractivity contribution in [3.05, 3.63) is 95.4 Å². The second-order valence-electron chi connectivity index (χ2n) is 9.89. The first kappa shape index (κ1) is 30.4. The molecule has 0 unspecified atom stereocenters. The van der Waals surface area contributed by atoms with Gasteiger partial charge in [0, 0.05) is 29.7 Å². The SMILES string of the molecule is Cc1cc(C)c(N2CCSC2=NC(=O)N/C=C(\C#N)c2ccc(-c3ncn(-c4ccc(OC(F)(F)F)cc4)n3)cc2)c(C)c1. The van der Waals surface area contributed by atoms with Gasteiger partial charge in [-0.1, -0.05) is 53.7 Å². The zero-order valence-corrected chi connectivity index (χ0v) is 24.7. The lowest BCUT2D eigenvalue weighted by Crippen LogP contribution is -2.27. The average Bonchev–Trinajstić information content (AvgIpc) is 3.63. The van der Waals surface area contributed by atoms with Gasteiger partial charge in [-0.05, 0) is 61.7 Å². The van der Waals surface area contributed by atoms with Crippen molar-refractivity contribution in [3.8, 4) is 28.9 Å². The maximum absolute atomic E-state index is 12.7. The normalized spacial score (nSPS) is 14.5. The number of urea groups is 1. The van der Waals surface area contributed by atoms with Crippen molar-refractivity contribution in [1.82, 2.24) is 20.1 Å². The van der Waals surface area contributed by atoms with Crippen molar-refractivity contribution < 1.29 is 22.7 Å². The lowest BCUT2D eigenvalue weighted by atomic mass is 10.0. The number of aromatic nitrogens is 3. The van der Waals surface area contributed by atoms with Gasteiger partial charge in [-0.2, -0.15) is 10.3 Å². The van der Waals surface area contributed by atoms with Crippen molar-refractivity contribution >= 4 is 34.2 Å². The van der Waals surface area contributed by atoms with Crippen LogP contribution in [-0.4, -0.2) is 44.6 Å². The first-order valence-corrected chi connectivity index (χ1v) is 14.4. The fraction of sp³-hybridized carbons (Fsp3) is 0.194. The molecule has 4 aromatic rings. The van der Waals surface area contributed by atoms with Gasteiger partial charge in [-0.3, -0.25) is 0 Å². The number of carbonyl (C=O) groups excluding carboxylic acids is 1. The van der Waals surface area contributed by atoms with Crippen LogP contribution in [0.15, 0.2) is 78.2 Å². The molecule has 1 aromatic heterocycles. The standard InChI is InChI=1S/C31H26F3N7O2S/c1-19-14-20(2)27(21(3)15-19)40-12-13-44-30(40)38-29(42)36-17-24(16-35)22-4-6-23(7-5-22)28-37-18-41(39-28)25-8-10-26(11-9-25)43-31(32,33)34/h4-11,14-15,17-18H,12-13H2,1-3H3,(H,36,42)/b24-17+,38-30?. The number of amidine groups is 1. The minimum Gasteiger partial charge on any atom is -0.406 e. The Balaban J connectivity index is 1.26. The number of carbonyl (C=O) groups is 1. The number of allylic oxidation sites excluding steroid dienone is 1. The minimum absolute atomic E-state index is 0.228. The van der Waals surface area contributed by atoms with E-state index in [-0.39, 0.29) is 11.3 Å². The van der Waals surface area contributed by atoms with Crippen LogP contribution in [0.1, 0.15) is 22.3 Å². The predicted octanol–water partition coefficient (Wildman–Crippen LogP) is 6.94. The number of nitriles is 1. The molecule has 9 nitrogen and oxygen atoms in total. The summed E-state index contributed by atoms with van der Waals surface area (Å²) in [5, 5.41) is 17.3. The van der Waals surface area contributed by atoms with Crippen LogP contribution < -0.4 is 15.0 Å². The number of benzene rings is 3. The molecule has 3 aromatic carbocycles. The van der Waals surface area contributed by atoms with E-state index in [0.29, 0.717) is 27.8 Å². The average molecular weight is 618 g/mol. The molecule has 0 radical (unpaired) electrons. The summed E-state index contributed by atoms with van der Waals surface area (Å²) in [7, 11) is 0. The number of alkyl halides is 3. The van der Waals surface area contributed by atoms with Crippen molar-refractivity contribution in [1.29, 1.82) is 5.26 Å². The fourth-order valence-corrected chi connectivity index (χ4v) is 5.79. The zero-order valence-electron chi connectivity index (χ0n) is 23.9. The maximum atomic E-state index is 12.7.